The maximum atomic E-state index is 12.8. The predicted molar refractivity (Wildman–Crippen MR) is 85.1 cm³/mol. The largest absolute Gasteiger partial charge is 0.352 e. The van der Waals surface area contributed by atoms with E-state index < -0.39 is 10.0 Å². The highest BCUT2D eigenvalue weighted by atomic mass is 32.2. The van der Waals surface area contributed by atoms with Gasteiger partial charge in [-0.3, -0.25) is 4.79 Å². The highest BCUT2D eigenvalue weighted by Gasteiger charge is 2.29. The Morgan fingerprint density at radius 2 is 1.86 bits per heavy atom. The standard InChI is InChI=1S/C15H23N3O3S/c16-9-6-10-17-15(19)13-7-2-3-8-14(13)22(20,21)18-11-4-1-5-12-18/h2-3,7-8H,1,4-6,9-12,16H2,(H,17,19). The SMILES string of the molecule is NCCCNC(=O)c1ccccc1S(=O)(=O)N1CCCCC1. The Balaban J connectivity index is 2.25. The summed E-state index contributed by atoms with van der Waals surface area (Å²) in [5.41, 5.74) is 5.60. The van der Waals surface area contributed by atoms with Crippen LogP contribution in [-0.4, -0.2) is 44.8 Å². The zero-order valence-electron chi connectivity index (χ0n) is 12.6. The van der Waals surface area contributed by atoms with E-state index in [1.807, 2.05) is 0 Å². The molecule has 7 heteroatoms. The van der Waals surface area contributed by atoms with Gasteiger partial charge in [-0.05, 0) is 37.9 Å². The van der Waals surface area contributed by atoms with Gasteiger partial charge in [-0.1, -0.05) is 18.6 Å². The molecule has 1 aliphatic heterocycles. The fourth-order valence-electron chi connectivity index (χ4n) is 2.52. The average Bonchev–Trinajstić information content (AvgIpc) is 2.56. The Morgan fingerprint density at radius 1 is 1.18 bits per heavy atom. The van der Waals surface area contributed by atoms with Crippen LogP contribution < -0.4 is 11.1 Å². The fraction of sp³-hybridized carbons (Fsp3) is 0.533. The van der Waals surface area contributed by atoms with Gasteiger partial charge in [-0.2, -0.15) is 4.31 Å². The number of piperidine rings is 1. The summed E-state index contributed by atoms with van der Waals surface area (Å²) in [6.45, 7) is 1.96. The van der Waals surface area contributed by atoms with Crippen LogP contribution in [0, 0.1) is 0 Å². The normalized spacial score (nSPS) is 16.4. The molecule has 0 aliphatic carbocycles. The second-order valence-electron chi connectivity index (χ2n) is 5.36. The van der Waals surface area contributed by atoms with Crippen LogP contribution in [0.4, 0.5) is 0 Å². The Hall–Kier alpha value is -1.44. The van der Waals surface area contributed by atoms with Crippen molar-refractivity contribution >= 4 is 15.9 Å². The van der Waals surface area contributed by atoms with Crippen LogP contribution in [0.3, 0.4) is 0 Å². The summed E-state index contributed by atoms with van der Waals surface area (Å²) >= 11 is 0. The molecule has 1 aromatic carbocycles. The van der Waals surface area contributed by atoms with Gasteiger partial charge in [0, 0.05) is 19.6 Å². The Labute approximate surface area is 131 Å². The third kappa shape index (κ3) is 3.85. The average molecular weight is 325 g/mol. The van der Waals surface area contributed by atoms with Gasteiger partial charge in [-0.25, -0.2) is 8.42 Å². The zero-order valence-corrected chi connectivity index (χ0v) is 13.4. The molecule has 1 amide bonds. The van der Waals surface area contributed by atoms with Crippen LogP contribution in [-0.2, 0) is 10.0 Å². The highest BCUT2D eigenvalue weighted by molar-refractivity contribution is 7.89. The number of carbonyl (C=O) groups is 1. The summed E-state index contributed by atoms with van der Waals surface area (Å²) in [6, 6.07) is 6.37. The number of benzene rings is 1. The minimum Gasteiger partial charge on any atom is -0.352 e. The van der Waals surface area contributed by atoms with E-state index in [0.717, 1.165) is 19.3 Å². The van der Waals surface area contributed by atoms with Gasteiger partial charge in [0.25, 0.3) is 5.91 Å². The van der Waals surface area contributed by atoms with E-state index in [1.165, 1.54) is 10.4 Å². The quantitative estimate of drug-likeness (QED) is 0.761. The molecule has 0 aromatic heterocycles. The number of carbonyl (C=O) groups excluding carboxylic acids is 1. The molecule has 3 N–H and O–H groups in total. The summed E-state index contributed by atoms with van der Waals surface area (Å²) in [4.78, 5) is 12.3. The molecule has 0 unspecified atom stereocenters. The third-order valence-electron chi connectivity index (χ3n) is 3.73. The molecule has 1 aliphatic rings. The van der Waals surface area contributed by atoms with Gasteiger partial charge < -0.3 is 11.1 Å². The van der Waals surface area contributed by atoms with Crippen molar-refractivity contribution in [2.45, 2.75) is 30.6 Å². The first kappa shape index (κ1) is 16.9. The molecule has 0 spiro atoms. The lowest BCUT2D eigenvalue weighted by Crippen LogP contribution is -2.37. The van der Waals surface area contributed by atoms with Crippen LogP contribution in [0.5, 0.6) is 0 Å². The van der Waals surface area contributed by atoms with Crippen LogP contribution in [0.15, 0.2) is 29.2 Å². The third-order valence-corrected chi connectivity index (χ3v) is 5.69. The van der Waals surface area contributed by atoms with Crippen LogP contribution in [0.1, 0.15) is 36.0 Å². The van der Waals surface area contributed by atoms with Crippen molar-refractivity contribution in [1.82, 2.24) is 9.62 Å². The molecule has 22 heavy (non-hydrogen) atoms. The number of hydrogen-bond donors (Lipinski definition) is 2. The number of nitrogens with two attached hydrogens (primary N) is 1. The minimum atomic E-state index is -3.62. The van der Waals surface area contributed by atoms with Crippen LogP contribution in [0.2, 0.25) is 0 Å². The maximum Gasteiger partial charge on any atom is 0.252 e. The lowest BCUT2D eigenvalue weighted by atomic mass is 10.2. The molecule has 2 rings (SSSR count). The molecule has 1 fully saturated rings. The van der Waals surface area contributed by atoms with Crippen molar-refractivity contribution in [2.24, 2.45) is 5.73 Å². The number of hydrogen-bond acceptors (Lipinski definition) is 4. The molecule has 0 saturated carbocycles. The first-order valence-corrected chi connectivity index (χ1v) is 9.09. The molecule has 122 valence electrons. The van der Waals surface area contributed by atoms with E-state index in [2.05, 4.69) is 5.32 Å². The molecule has 0 bridgehead atoms. The number of amides is 1. The highest BCUT2D eigenvalue weighted by Crippen LogP contribution is 2.23. The van der Waals surface area contributed by atoms with Crippen molar-refractivity contribution in [3.63, 3.8) is 0 Å². The van der Waals surface area contributed by atoms with Gasteiger partial charge in [0.15, 0.2) is 0 Å². The van der Waals surface area contributed by atoms with Gasteiger partial charge in [0.1, 0.15) is 0 Å². The summed E-state index contributed by atoms with van der Waals surface area (Å²) in [5.74, 6) is -0.371. The molecule has 0 atom stereocenters. The van der Waals surface area contributed by atoms with E-state index in [9.17, 15) is 13.2 Å². The second kappa shape index (κ2) is 7.71. The van der Waals surface area contributed by atoms with E-state index in [4.69, 9.17) is 5.73 Å². The van der Waals surface area contributed by atoms with Crippen molar-refractivity contribution in [1.29, 1.82) is 0 Å². The fourth-order valence-corrected chi connectivity index (χ4v) is 4.23. The van der Waals surface area contributed by atoms with E-state index in [1.54, 1.807) is 18.2 Å². The van der Waals surface area contributed by atoms with Crippen molar-refractivity contribution in [2.75, 3.05) is 26.2 Å². The van der Waals surface area contributed by atoms with Crippen molar-refractivity contribution < 1.29 is 13.2 Å². The summed E-state index contributed by atoms with van der Waals surface area (Å²) in [7, 11) is -3.62. The van der Waals surface area contributed by atoms with Gasteiger partial charge in [-0.15, -0.1) is 0 Å². The number of sulfonamides is 1. The van der Waals surface area contributed by atoms with Crippen molar-refractivity contribution in [3.05, 3.63) is 29.8 Å². The number of rotatable bonds is 6. The first-order valence-electron chi connectivity index (χ1n) is 7.65. The molecule has 1 heterocycles. The lowest BCUT2D eigenvalue weighted by molar-refractivity contribution is 0.0950. The topological polar surface area (TPSA) is 92.5 Å². The predicted octanol–water partition coefficient (Wildman–Crippen LogP) is 0.940. The molecular formula is C15H23N3O3S. The summed E-state index contributed by atoms with van der Waals surface area (Å²) in [5, 5.41) is 2.71. The van der Waals surface area contributed by atoms with Crippen LogP contribution >= 0.6 is 0 Å². The summed E-state index contributed by atoms with van der Waals surface area (Å²) in [6.07, 6.45) is 3.44. The molecule has 6 nitrogen and oxygen atoms in total. The molecule has 1 saturated heterocycles. The Bertz CT molecular complexity index is 610. The lowest BCUT2D eigenvalue weighted by Gasteiger charge is -2.26. The van der Waals surface area contributed by atoms with Crippen LogP contribution in [0.25, 0.3) is 0 Å². The minimum absolute atomic E-state index is 0.0853. The Morgan fingerprint density at radius 3 is 2.55 bits per heavy atom. The molecular weight excluding hydrogens is 302 g/mol. The monoisotopic (exact) mass is 325 g/mol. The van der Waals surface area contributed by atoms with Gasteiger partial charge in [0.05, 0.1) is 10.5 Å². The zero-order chi connectivity index (χ0) is 16.0. The smallest absolute Gasteiger partial charge is 0.252 e. The van der Waals surface area contributed by atoms with E-state index in [-0.39, 0.29) is 16.4 Å². The maximum absolute atomic E-state index is 12.8. The Kier molecular flexibility index (Phi) is 5.93. The van der Waals surface area contributed by atoms with Gasteiger partial charge >= 0.3 is 0 Å². The number of nitrogens with zero attached hydrogens (tertiary/aromatic N) is 1. The molecule has 1 aromatic rings. The second-order valence-corrected chi connectivity index (χ2v) is 7.27. The first-order chi connectivity index (χ1) is 10.6. The van der Waals surface area contributed by atoms with Crippen molar-refractivity contribution in [3.8, 4) is 0 Å². The van der Waals surface area contributed by atoms with E-state index >= 15 is 0 Å². The van der Waals surface area contributed by atoms with Gasteiger partial charge in [0.2, 0.25) is 10.0 Å². The molecule has 0 radical (unpaired) electrons. The summed E-state index contributed by atoms with van der Waals surface area (Å²) < 4.78 is 27.0. The van der Waals surface area contributed by atoms with E-state index in [0.29, 0.717) is 32.6 Å². The number of nitrogens with one attached hydrogen (secondary N) is 1.